The standard InChI is InChI=1S/C18H25NO3/c1-3-21-16-6-4-5-7-17(16)22-12-18(20)19(15-10-11-15)13(2)14-8-9-14/h4-7,13-15H,3,8-12H2,1-2H3. The van der Waals surface area contributed by atoms with E-state index in [0.717, 1.165) is 12.8 Å². The highest BCUT2D eigenvalue weighted by molar-refractivity contribution is 5.79. The minimum absolute atomic E-state index is 0.0949. The molecule has 0 spiro atoms. The lowest BCUT2D eigenvalue weighted by Gasteiger charge is -2.29. The molecule has 2 aliphatic rings. The normalized spacial score (nSPS) is 18.6. The lowest BCUT2D eigenvalue weighted by atomic mass is 10.1. The van der Waals surface area contributed by atoms with Crippen LogP contribution in [0.5, 0.6) is 11.5 Å². The minimum atomic E-state index is 0.0949. The van der Waals surface area contributed by atoms with Crippen molar-refractivity contribution in [1.82, 2.24) is 4.90 Å². The smallest absolute Gasteiger partial charge is 0.261 e. The molecule has 0 radical (unpaired) electrons. The minimum Gasteiger partial charge on any atom is -0.490 e. The Labute approximate surface area is 132 Å². The lowest BCUT2D eigenvalue weighted by Crippen LogP contribution is -2.44. The van der Waals surface area contributed by atoms with Crippen molar-refractivity contribution >= 4 is 5.91 Å². The molecule has 0 saturated heterocycles. The Kier molecular flexibility index (Phi) is 4.55. The van der Waals surface area contributed by atoms with Gasteiger partial charge in [0, 0.05) is 12.1 Å². The number of hydrogen-bond donors (Lipinski definition) is 0. The van der Waals surface area contributed by atoms with E-state index in [9.17, 15) is 4.79 Å². The number of rotatable bonds is 8. The second-order valence-electron chi connectivity index (χ2n) is 6.28. The summed E-state index contributed by atoms with van der Waals surface area (Å²) in [4.78, 5) is 14.7. The van der Waals surface area contributed by atoms with Gasteiger partial charge in [0.15, 0.2) is 18.1 Å². The summed E-state index contributed by atoms with van der Waals surface area (Å²) in [5.41, 5.74) is 0. The van der Waals surface area contributed by atoms with E-state index in [1.165, 1.54) is 12.8 Å². The molecule has 0 aromatic heterocycles. The van der Waals surface area contributed by atoms with Crippen molar-refractivity contribution in [2.75, 3.05) is 13.2 Å². The fourth-order valence-electron chi connectivity index (χ4n) is 2.98. The third-order valence-electron chi connectivity index (χ3n) is 4.47. The molecule has 1 aromatic rings. The topological polar surface area (TPSA) is 38.8 Å². The number of benzene rings is 1. The fraction of sp³-hybridized carbons (Fsp3) is 0.611. The van der Waals surface area contributed by atoms with E-state index < -0.39 is 0 Å². The van der Waals surface area contributed by atoms with Crippen LogP contribution in [0.4, 0.5) is 0 Å². The second kappa shape index (κ2) is 6.59. The average Bonchev–Trinajstić information content (AvgIpc) is 3.39. The van der Waals surface area contributed by atoms with Crippen molar-refractivity contribution in [3.63, 3.8) is 0 Å². The zero-order valence-electron chi connectivity index (χ0n) is 13.5. The maximum Gasteiger partial charge on any atom is 0.261 e. The summed E-state index contributed by atoms with van der Waals surface area (Å²) in [5.74, 6) is 2.15. The molecule has 2 saturated carbocycles. The van der Waals surface area contributed by atoms with E-state index in [0.29, 0.717) is 36.1 Å². The van der Waals surface area contributed by atoms with Crippen molar-refractivity contribution in [2.45, 2.75) is 51.6 Å². The first-order valence-electron chi connectivity index (χ1n) is 8.36. The maximum absolute atomic E-state index is 12.6. The van der Waals surface area contributed by atoms with Gasteiger partial charge in [-0.05, 0) is 57.6 Å². The summed E-state index contributed by atoms with van der Waals surface area (Å²) < 4.78 is 11.3. The van der Waals surface area contributed by atoms with Gasteiger partial charge in [0.2, 0.25) is 0 Å². The SMILES string of the molecule is CCOc1ccccc1OCC(=O)N(C1CC1)C(C)C1CC1. The number of carbonyl (C=O) groups excluding carboxylic acids is 1. The Morgan fingerprint density at radius 3 is 2.36 bits per heavy atom. The van der Waals surface area contributed by atoms with Gasteiger partial charge in [-0.15, -0.1) is 0 Å². The third-order valence-corrected chi connectivity index (χ3v) is 4.47. The molecule has 4 nitrogen and oxygen atoms in total. The van der Waals surface area contributed by atoms with Gasteiger partial charge in [-0.3, -0.25) is 4.79 Å². The van der Waals surface area contributed by atoms with Crippen LogP contribution in [0.3, 0.4) is 0 Å². The number of hydrogen-bond acceptors (Lipinski definition) is 3. The zero-order valence-corrected chi connectivity index (χ0v) is 13.5. The van der Waals surface area contributed by atoms with Crippen molar-refractivity contribution in [1.29, 1.82) is 0 Å². The molecule has 0 N–H and O–H groups in total. The summed E-state index contributed by atoms with van der Waals surface area (Å²) >= 11 is 0. The van der Waals surface area contributed by atoms with Crippen LogP contribution in [0, 0.1) is 5.92 Å². The summed E-state index contributed by atoms with van der Waals surface area (Å²) in [6, 6.07) is 8.32. The van der Waals surface area contributed by atoms with Crippen molar-refractivity contribution in [3.8, 4) is 11.5 Å². The Bertz CT molecular complexity index is 523. The number of nitrogens with zero attached hydrogens (tertiary/aromatic N) is 1. The Morgan fingerprint density at radius 1 is 1.18 bits per heavy atom. The molecule has 1 unspecified atom stereocenters. The molecule has 4 heteroatoms. The molecule has 2 aliphatic carbocycles. The van der Waals surface area contributed by atoms with Gasteiger partial charge in [0.05, 0.1) is 6.61 Å². The van der Waals surface area contributed by atoms with E-state index in [-0.39, 0.29) is 12.5 Å². The summed E-state index contributed by atoms with van der Waals surface area (Å²) in [6.07, 6.45) is 4.79. The largest absolute Gasteiger partial charge is 0.490 e. The van der Waals surface area contributed by atoms with Crippen LogP contribution in [-0.2, 0) is 4.79 Å². The first kappa shape index (κ1) is 15.2. The van der Waals surface area contributed by atoms with Gasteiger partial charge >= 0.3 is 0 Å². The molecule has 0 bridgehead atoms. The number of ether oxygens (including phenoxy) is 2. The quantitative estimate of drug-likeness (QED) is 0.740. The van der Waals surface area contributed by atoms with E-state index in [1.807, 2.05) is 31.2 Å². The van der Waals surface area contributed by atoms with Crippen LogP contribution >= 0.6 is 0 Å². The van der Waals surface area contributed by atoms with E-state index >= 15 is 0 Å². The highest BCUT2D eigenvalue weighted by Crippen LogP contribution is 2.39. The molecular formula is C18H25NO3. The zero-order chi connectivity index (χ0) is 15.5. The molecule has 22 heavy (non-hydrogen) atoms. The molecule has 0 aliphatic heterocycles. The Balaban J connectivity index is 1.61. The number of amides is 1. The van der Waals surface area contributed by atoms with Crippen molar-refractivity contribution < 1.29 is 14.3 Å². The van der Waals surface area contributed by atoms with Crippen LogP contribution in [-0.4, -0.2) is 36.1 Å². The highest BCUT2D eigenvalue weighted by atomic mass is 16.5. The molecule has 2 fully saturated rings. The van der Waals surface area contributed by atoms with Crippen LogP contribution in [0.25, 0.3) is 0 Å². The molecular weight excluding hydrogens is 278 g/mol. The van der Waals surface area contributed by atoms with Gasteiger partial charge < -0.3 is 14.4 Å². The Hall–Kier alpha value is -1.71. The van der Waals surface area contributed by atoms with Crippen LogP contribution in [0.2, 0.25) is 0 Å². The van der Waals surface area contributed by atoms with Crippen molar-refractivity contribution in [3.05, 3.63) is 24.3 Å². The first-order chi connectivity index (χ1) is 10.7. The number of para-hydroxylation sites is 2. The van der Waals surface area contributed by atoms with Crippen LogP contribution in [0.15, 0.2) is 24.3 Å². The molecule has 1 atom stereocenters. The van der Waals surface area contributed by atoms with Crippen LogP contribution in [0.1, 0.15) is 39.5 Å². The monoisotopic (exact) mass is 303 g/mol. The fourth-order valence-corrected chi connectivity index (χ4v) is 2.98. The van der Waals surface area contributed by atoms with Gasteiger partial charge in [-0.2, -0.15) is 0 Å². The van der Waals surface area contributed by atoms with E-state index in [2.05, 4.69) is 11.8 Å². The van der Waals surface area contributed by atoms with Gasteiger partial charge in [0.1, 0.15) is 0 Å². The molecule has 1 amide bonds. The lowest BCUT2D eigenvalue weighted by molar-refractivity contribution is -0.136. The Morgan fingerprint density at radius 2 is 1.82 bits per heavy atom. The molecule has 0 heterocycles. The molecule has 120 valence electrons. The maximum atomic E-state index is 12.6. The first-order valence-corrected chi connectivity index (χ1v) is 8.36. The highest BCUT2D eigenvalue weighted by Gasteiger charge is 2.41. The van der Waals surface area contributed by atoms with Gasteiger partial charge in [-0.25, -0.2) is 0 Å². The van der Waals surface area contributed by atoms with Crippen LogP contribution < -0.4 is 9.47 Å². The van der Waals surface area contributed by atoms with Crippen molar-refractivity contribution in [2.24, 2.45) is 5.92 Å². The van der Waals surface area contributed by atoms with E-state index in [4.69, 9.17) is 9.47 Å². The average molecular weight is 303 g/mol. The molecule has 3 rings (SSSR count). The summed E-state index contributed by atoms with van der Waals surface area (Å²) in [5, 5.41) is 0. The number of carbonyl (C=O) groups is 1. The third kappa shape index (κ3) is 3.54. The summed E-state index contributed by atoms with van der Waals surface area (Å²) in [7, 11) is 0. The van der Waals surface area contributed by atoms with Gasteiger partial charge in [-0.1, -0.05) is 12.1 Å². The second-order valence-corrected chi connectivity index (χ2v) is 6.28. The summed E-state index contributed by atoms with van der Waals surface area (Å²) in [6.45, 7) is 4.80. The predicted molar refractivity (Wildman–Crippen MR) is 85.2 cm³/mol. The molecule has 1 aromatic carbocycles. The van der Waals surface area contributed by atoms with Gasteiger partial charge in [0.25, 0.3) is 5.91 Å². The predicted octanol–water partition coefficient (Wildman–Crippen LogP) is 3.25. The van der Waals surface area contributed by atoms with E-state index in [1.54, 1.807) is 0 Å².